The molecule has 1 aliphatic rings. The van der Waals surface area contributed by atoms with E-state index in [1.54, 1.807) is 6.20 Å². The number of para-hydroxylation sites is 1. The second-order valence-electron chi connectivity index (χ2n) is 7.28. The minimum atomic E-state index is -0.184. The van der Waals surface area contributed by atoms with Gasteiger partial charge < -0.3 is 15.1 Å². The molecule has 0 saturated carbocycles. The molecule has 4 rings (SSSR count). The molecule has 1 aromatic carbocycles. The number of carbonyl (C=O) groups is 1. The Balaban J connectivity index is 1.44. The number of anilines is 3. The molecule has 1 fully saturated rings. The van der Waals surface area contributed by atoms with Crippen LogP contribution in [0.3, 0.4) is 0 Å². The fourth-order valence-corrected chi connectivity index (χ4v) is 3.66. The van der Waals surface area contributed by atoms with Crippen LogP contribution in [0.1, 0.15) is 21.6 Å². The molecule has 1 N–H and O–H groups in total. The fourth-order valence-electron chi connectivity index (χ4n) is 3.66. The highest BCUT2D eigenvalue weighted by molar-refractivity contribution is 6.04. The van der Waals surface area contributed by atoms with E-state index in [2.05, 4.69) is 25.1 Å². The van der Waals surface area contributed by atoms with Crippen LogP contribution < -0.4 is 15.1 Å². The number of nitrogens with one attached hydrogen (secondary N) is 1. The Kier molecular flexibility index (Phi) is 5.42. The Hall–Kier alpha value is -3.41. The molecule has 3 heterocycles. The summed E-state index contributed by atoms with van der Waals surface area (Å²) >= 11 is 0. The first-order valence-corrected chi connectivity index (χ1v) is 9.86. The van der Waals surface area contributed by atoms with Crippen molar-refractivity contribution >= 4 is 23.1 Å². The van der Waals surface area contributed by atoms with Crippen LogP contribution in [0.5, 0.6) is 0 Å². The van der Waals surface area contributed by atoms with Gasteiger partial charge in [0.2, 0.25) is 0 Å². The number of rotatable bonds is 4. The number of pyridine rings is 2. The molecular weight excluding hydrogens is 362 g/mol. The third-order valence-corrected chi connectivity index (χ3v) is 5.31. The summed E-state index contributed by atoms with van der Waals surface area (Å²) < 4.78 is 0. The third-order valence-electron chi connectivity index (χ3n) is 5.31. The van der Waals surface area contributed by atoms with E-state index in [4.69, 9.17) is 0 Å². The molecule has 0 unspecified atom stereocenters. The molecule has 1 aliphatic heterocycles. The van der Waals surface area contributed by atoms with Crippen molar-refractivity contribution < 1.29 is 4.79 Å². The predicted octanol–water partition coefficient (Wildman–Crippen LogP) is 3.67. The molecule has 0 spiro atoms. The first-order chi connectivity index (χ1) is 14.1. The second-order valence-corrected chi connectivity index (χ2v) is 7.28. The average molecular weight is 387 g/mol. The van der Waals surface area contributed by atoms with Gasteiger partial charge in [-0.25, -0.2) is 4.98 Å². The lowest BCUT2D eigenvalue weighted by Crippen LogP contribution is -2.46. The summed E-state index contributed by atoms with van der Waals surface area (Å²) in [6.45, 7) is 7.52. The molecule has 1 amide bonds. The van der Waals surface area contributed by atoms with Gasteiger partial charge in [0.15, 0.2) is 0 Å². The van der Waals surface area contributed by atoms with Gasteiger partial charge in [-0.2, -0.15) is 0 Å². The molecule has 1 saturated heterocycles. The summed E-state index contributed by atoms with van der Waals surface area (Å²) in [4.78, 5) is 26.1. The Morgan fingerprint density at radius 3 is 2.28 bits per heavy atom. The van der Waals surface area contributed by atoms with Gasteiger partial charge in [-0.3, -0.25) is 9.78 Å². The highest BCUT2D eigenvalue weighted by Gasteiger charge is 2.19. The maximum absolute atomic E-state index is 12.8. The first kappa shape index (κ1) is 18.9. The SMILES string of the molecule is Cc1cccc(C)c1NC(=O)c1cc(N2CCN(c3ccccn3)CC2)ccn1. The Morgan fingerprint density at radius 2 is 1.59 bits per heavy atom. The molecule has 0 aliphatic carbocycles. The second kappa shape index (κ2) is 8.31. The molecule has 6 nitrogen and oxygen atoms in total. The molecule has 0 radical (unpaired) electrons. The summed E-state index contributed by atoms with van der Waals surface area (Å²) in [5.74, 6) is 0.826. The topological polar surface area (TPSA) is 61.4 Å². The molecule has 29 heavy (non-hydrogen) atoms. The van der Waals surface area contributed by atoms with Crippen molar-refractivity contribution in [3.8, 4) is 0 Å². The van der Waals surface area contributed by atoms with Gasteiger partial charge in [0.05, 0.1) is 0 Å². The standard InChI is InChI=1S/C23H25N5O/c1-17-6-5-7-18(2)22(17)26-23(29)20-16-19(9-11-24-20)27-12-14-28(15-13-27)21-8-3-4-10-25-21/h3-11,16H,12-15H2,1-2H3,(H,26,29). The van der Waals surface area contributed by atoms with Gasteiger partial charge in [-0.15, -0.1) is 0 Å². The van der Waals surface area contributed by atoms with Crippen molar-refractivity contribution in [2.24, 2.45) is 0 Å². The minimum Gasteiger partial charge on any atom is -0.368 e. The van der Waals surface area contributed by atoms with Crippen LogP contribution in [-0.2, 0) is 0 Å². The number of aromatic nitrogens is 2. The number of hydrogen-bond acceptors (Lipinski definition) is 5. The molecule has 148 valence electrons. The lowest BCUT2D eigenvalue weighted by molar-refractivity contribution is 0.102. The van der Waals surface area contributed by atoms with Crippen molar-refractivity contribution in [1.82, 2.24) is 9.97 Å². The molecule has 2 aromatic heterocycles. The van der Waals surface area contributed by atoms with Gasteiger partial charge in [0.1, 0.15) is 11.5 Å². The maximum Gasteiger partial charge on any atom is 0.274 e. The summed E-state index contributed by atoms with van der Waals surface area (Å²) in [5, 5.41) is 3.02. The van der Waals surface area contributed by atoms with Crippen molar-refractivity contribution in [1.29, 1.82) is 0 Å². The van der Waals surface area contributed by atoms with E-state index in [1.807, 2.05) is 68.6 Å². The van der Waals surface area contributed by atoms with E-state index >= 15 is 0 Å². The van der Waals surface area contributed by atoms with E-state index in [9.17, 15) is 4.79 Å². The highest BCUT2D eigenvalue weighted by atomic mass is 16.1. The number of amides is 1. The zero-order valence-corrected chi connectivity index (χ0v) is 16.8. The van der Waals surface area contributed by atoms with Gasteiger partial charge in [-0.05, 0) is 49.2 Å². The van der Waals surface area contributed by atoms with E-state index in [0.29, 0.717) is 5.69 Å². The molecule has 0 atom stereocenters. The van der Waals surface area contributed by atoms with E-state index in [0.717, 1.165) is 54.5 Å². The average Bonchev–Trinajstić information content (AvgIpc) is 2.77. The van der Waals surface area contributed by atoms with Gasteiger partial charge >= 0.3 is 0 Å². The van der Waals surface area contributed by atoms with Gasteiger partial charge in [-0.1, -0.05) is 24.3 Å². The molecular formula is C23H25N5O. The van der Waals surface area contributed by atoms with Crippen LogP contribution in [0.4, 0.5) is 17.2 Å². The van der Waals surface area contributed by atoms with Crippen LogP contribution in [-0.4, -0.2) is 42.1 Å². The molecule has 6 heteroatoms. The van der Waals surface area contributed by atoms with Gasteiger partial charge in [0, 0.05) is 49.9 Å². The van der Waals surface area contributed by atoms with E-state index < -0.39 is 0 Å². The highest BCUT2D eigenvalue weighted by Crippen LogP contribution is 2.22. The quantitative estimate of drug-likeness (QED) is 0.740. The smallest absolute Gasteiger partial charge is 0.274 e. The maximum atomic E-state index is 12.8. The summed E-state index contributed by atoms with van der Waals surface area (Å²) in [6.07, 6.45) is 3.53. The number of hydrogen-bond donors (Lipinski definition) is 1. The van der Waals surface area contributed by atoms with E-state index in [1.165, 1.54) is 0 Å². The van der Waals surface area contributed by atoms with Crippen molar-refractivity contribution in [2.75, 3.05) is 41.3 Å². The largest absolute Gasteiger partial charge is 0.368 e. The zero-order valence-electron chi connectivity index (χ0n) is 16.8. The minimum absolute atomic E-state index is 0.184. The van der Waals surface area contributed by atoms with Crippen molar-refractivity contribution in [2.45, 2.75) is 13.8 Å². The summed E-state index contributed by atoms with van der Waals surface area (Å²) in [7, 11) is 0. The Morgan fingerprint density at radius 1 is 0.862 bits per heavy atom. The predicted molar refractivity (Wildman–Crippen MR) is 117 cm³/mol. The Bertz CT molecular complexity index is 977. The fraction of sp³-hybridized carbons (Fsp3) is 0.261. The third kappa shape index (κ3) is 4.21. The van der Waals surface area contributed by atoms with Crippen LogP contribution in [0, 0.1) is 13.8 Å². The lowest BCUT2D eigenvalue weighted by Gasteiger charge is -2.36. The van der Waals surface area contributed by atoms with Crippen molar-refractivity contribution in [3.05, 3.63) is 77.7 Å². The normalized spacial score (nSPS) is 14.0. The number of nitrogens with zero attached hydrogens (tertiary/aromatic N) is 4. The lowest BCUT2D eigenvalue weighted by atomic mass is 10.1. The number of piperazine rings is 1. The first-order valence-electron chi connectivity index (χ1n) is 9.86. The van der Waals surface area contributed by atoms with Crippen LogP contribution in [0.15, 0.2) is 60.9 Å². The van der Waals surface area contributed by atoms with Crippen molar-refractivity contribution in [3.63, 3.8) is 0 Å². The number of benzene rings is 1. The number of carbonyl (C=O) groups excluding carboxylic acids is 1. The summed E-state index contributed by atoms with van der Waals surface area (Å²) in [6, 6.07) is 15.8. The van der Waals surface area contributed by atoms with Gasteiger partial charge in [0.25, 0.3) is 5.91 Å². The van der Waals surface area contributed by atoms with Crippen LogP contribution in [0.2, 0.25) is 0 Å². The zero-order chi connectivity index (χ0) is 20.2. The number of aryl methyl sites for hydroxylation is 2. The van der Waals surface area contributed by atoms with E-state index in [-0.39, 0.29) is 5.91 Å². The monoisotopic (exact) mass is 387 g/mol. The molecule has 0 bridgehead atoms. The summed E-state index contributed by atoms with van der Waals surface area (Å²) in [5.41, 5.74) is 4.39. The van der Waals surface area contributed by atoms with Crippen LogP contribution in [0.25, 0.3) is 0 Å². The van der Waals surface area contributed by atoms with Crippen LogP contribution >= 0.6 is 0 Å². The molecule has 3 aromatic rings. The Labute approximate surface area is 171 Å².